The van der Waals surface area contributed by atoms with Gasteiger partial charge in [0, 0.05) is 4.48 Å². The highest BCUT2D eigenvalue weighted by Gasteiger charge is 2.34. The molecule has 0 aromatic carbocycles. The molecule has 0 aliphatic rings. The minimum absolute atomic E-state index is 0.0943. The maximum absolute atomic E-state index is 12.2. The third-order valence-electron chi connectivity index (χ3n) is 1.22. The molecule has 0 N–H and O–H groups in total. The number of rotatable bonds is 2. The van der Waals surface area contributed by atoms with E-state index in [0.717, 1.165) is 6.08 Å². The SMILES string of the molecule is C/C=C(Br)\C(=C/CC)C(F)(F)F. The zero-order valence-corrected chi connectivity index (χ0v) is 8.46. The minimum Gasteiger partial charge on any atom is -0.166 e. The van der Waals surface area contributed by atoms with Gasteiger partial charge in [0.15, 0.2) is 0 Å². The van der Waals surface area contributed by atoms with Crippen LogP contribution in [0.4, 0.5) is 13.2 Å². The van der Waals surface area contributed by atoms with Crippen LogP contribution in [-0.2, 0) is 0 Å². The Morgan fingerprint density at radius 1 is 1.42 bits per heavy atom. The molecule has 0 saturated heterocycles. The Morgan fingerprint density at radius 2 is 1.92 bits per heavy atom. The van der Waals surface area contributed by atoms with Gasteiger partial charge in [-0.25, -0.2) is 0 Å². The smallest absolute Gasteiger partial charge is 0.166 e. The van der Waals surface area contributed by atoms with Crippen LogP contribution in [0, 0.1) is 0 Å². The van der Waals surface area contributed by atoms with Crippen molar-refractivity contribution in [3.05, 3.63) is 22.2 Å². The van der Waals surface area contributed by atoms with Crippen LogP contribution in [-0.4, -0.2) is 6.18 Å². The molecule has 12 heavy (non-hydrogen) atoms. The lowest BCUT2D eigenvalue weighted by Gasteiger charge is -2.10. The molecule has 0 rings (SSSR count). The largest absolute Gasteiger partial charge is 0.417 e. The average molecular weight is 243 g/mol. The highest BCUT2D eigenvalue weighted by molar-refractivity contribution is 9.12. The van der Waals surface area contributed by atoms with Gasteiger partial charge in [-0.3, -0.25) is 0 Å². The maximum Gasteiger partial charge on any atom is 0.417 e. The van der Waals surface area contributed by atoms with E-state index in [-0.39, 0.29) is 4.48 Å². The molecule has 0 fully saturated rings. The molecule has 4 heteroatoms. The second kappa shape index (κ2) is 4.70. The lowest BCUT2D eigenvalue weighted by atomic mass is 10.2. The third kappa shape index (κ3) is 3.43. The molecule has 0 aliphatic heterocycles. The van der Waals surface area contributed by atoms with Gasteiger partial charge < -0.3 is 0 Å². The lowest BCUT2D eigenvalue weighted by molar-refractivity contribution is -0.0887. The molecule has 0 heterocycles. The average Bonchev–Trinajstić information content (AvgIpc) is 1.96. The van der Waals surface area contributed by atoms with Crippen LogP contribution in [0.2, 0.25) is 0 Å². The summed E-state index contributed by atoms with van der Waals surface area (Å²) in [5, 5.41) is 0. The molecule has 0 atom stereocenters. The van der Waals surface area contributed by atoms with Gasteiger partial charge in [-0.05, 0) is 13.3 Å². The monoisotopic (exact) mass is 242 g/mol. The minimum atomic E-state index is -4.26. The van der Waals surface area contributed by atoms with Crippen molar-refractivity contribution in [2.75, 3.05) is 0 Å². The van der Waals surface area contributed by atoms with Gasteiger partial charge in [-0.15, -0.1) is 0 Å². The molecular formula is C8H10BrF3. The van der Waals surface area contributed by atoms with Gasteiger partial charge in [0.05, 0.1) is 5.57 Å². The lowest BCUT2D eigenvalue weighted by Crippen LogP contribution is -2.11. The van der Waals surface area contributed by atoms with Crippen LogP contribution in [0.25, 0.3) is 0 Å². The Kier molecular flexibility index (Phi) is 4.60. The summed E-state index contributed by atoms with van der Waals surface area (Å²) < 4.78 is 36.7. The standard InChI is InChI=1S/C8H10BrF3/c1-3-5-6(7(9)4-2)8(10,11)12/h4-5H,3H2,1-2H3/b6-5+,7-4+. The van der Waals surface area contributed by atoms with E-state index in [4.69, 9.17) is 0 Å². The van der Waals surface area contributed by atoms with Crippen LogP contribution < -0.4 is 0 Å². The molecule has 0 nitrogen and oxygen atoms in total. The Hall–Kier alpha value is -0.250. The quantitative estimate of drug-likeness (QED) is 0.638. The summed E-state index contributed by atoms with van der Waals surface area (Å²) in [5.41, 5.74) is -0.604. The van der Waals surface area contributed by atoms with Crippen LogP contribution in [0.1, 0.15) is 20.3 Å². The summed E-state index contributed by atoms with van der Waals surface area (Å²) in [4.78, 5) is 0. The van der Waals surface area contributed by atoms with Gasteiger partial charge in [0.25, 0.3) is 0 Å². The van der Waals surface area contributed by atoms with Crippen molar-refractivity contribution in [3.8, 4) is 0 Å². The summed E-state index contributed by atoms with van der Waals surface area (Å²) in [6.45, 7) is 3.22. The third-order valence-corrected chi connectivity index (χ3v) is 2.11. The molecule has 70 valence electrons. The van der Waals surface area contributed by atoms with Crippen molar-refractivity contribution in [3.63, 3.8) is 0 Å². The van der Waals surface area contributed by atoms with Crippen molar-refractivity contribution in [1.29, 1.82) is 0 Å². The number of alkyl halides is 3. The molecule has 0 aromatic heterocycles. The highest BCUT2D eigenvalue weighted by atomic mass is 79.9. The first-order valence-electron chi connectivity index (χ1n) is 3.53. The second-order valence-electron chi connectivity index (χ2n) is 2.16. The summed E-state index contributed by atoms with van der Waals surface area (Å²) in [7, 11) is 0. The number of allylic oxidation sites excluding steroid dienone is 4. The summed E-state index contributed by atoms with van der Waals surface area (Å²) >= 11 is 2.85. The normalized spacial score (nSPS) is 15.2. The van der Waals surface area contributed by atoms with E-state index in [1.807, 2.05) is 0 Å². The highest BCUT2D eigenvalue weighted by Crippen LogP contribution is 2.34. The van der Waals surface area contributed by atoms with E-state index in [2.05, 4.69) is 15.9 Å². The first-order valence-corrected chi connectivity index (χ1v) is 4.32. The molecule has 0 aliphatic carbocycles. The molecule has 0 aromatic rings. The molecule has 0 radical (unpaired) electrons. The van der Waals surface area contributed by atoms with Gasteiger partial charge in [-0.2, -0.15) is 13.2 Å². The first-order chi connectivity index (χ1) is 5.43. The van der Waals surface area contributed by atoms with Crippen LogP contribution in [0.3, 0.4) is 0 Å². The van der Waals surface area contributed by atoms with Crippen molar-refractivity contribution < 1.29 is 13.2 Å². The van der Waals surface area contributed by atoms with Gasteiger partial charge in [-0.1, -0.05) is 35.0 Å². The zero-order chi connectivity index (χ0) is 9.78. The predicted molar refractivity (Wildman–Crippen MR) is 47.1 cm³/mol. The van der Waals surface area contributed by atoms with E-state index >= 15 is 0 Å². The predicted octanol–water partition coefficient (Wildman–Crippen LogP) is 4.18. The van der Waals surface area contributed by atoms with Gasteiger partial charge >= 0.3 is 6.18 Å². The molecule has 0 amide bonds. The molecule has 0 saturated carbocycles. The van der Waals surface area contributed by atoms with E-state index < -0.39 is 11.7 Å². The van der Waals surface area contributed by atoms with E-state index in [9.17, 15) is 13.2 Å². The fourth-order valence-electron chi connectivity index (χ4n) is 0.708. The van der Waals surface area contributed by atoms with Crippen LogP contribution in [0.15, 0.2) is 22.2 Å². The summed E-state index contributed by atoms with van der Waals surface area (Å²) in [6.07, 6.45) is -1.35. The van der Waals surface area contributed by atoms with E-state index in [1.165, 1.54) is 6.08 Å². The number of halogens is 4. The van der Waals surface area contributed by atoms with Gasteiger partial charge in [0.1, 0.15) is 0 Å². The van der Waals surface area contributed by atoms with Crippen molar-refractivity contribution in [1.82, 2.24) is 0 Å². The fraction of sp³-hybridized carbons (Fsp3) is 0.500. The first kappa shape index (κ1) is 11.8. The van der Waals surface area contributed by atoms with E-state index in [1.54, 1.807) is 13.8 Å². The molecule has 0 unspecified atom stereocenters. The van der Waals surface area contributed by atoms with Crippen LogP contribution in [0.5, 0.6) is 0 Å². The topological polar surface area (TPSA) is 0 Å². The number of hydrogen-bond donors (Lipinski definition) is 0. The Balaban J connectivity index is 4.82. The Morgan fingerprint density at radius 3 is 2.17 bits per heavy atom. The molecule has 0 bridgehead atoms. The molecular weight excluding hydrogens is 233 g/mol. The summed E-state index contributed by atoms with van der Waals surface area (Å²) in [5.74, 6) is 0. The molecule has 0 spiro atoms. The maximum atomic E-state index is 12.2. The Bertz CT molecular complexity index is 201. The zero-order valence-electron chi connectivity index (χ0n) is 6.87. The van der Waals surface area contributed by atoms with Crippen molar-refractivity contribution in [2.45, 2.75) is 26.4 Å². The van der Waals surface area contributed by atoms with Crippen molar-refractivity contribution in [2.24, 2.45) is 0 Å². The summed E-state index contributed by atoms with van der Waals surface area (Å²) in [6, 6.07) is 0. The van der Waals surface area contributed by atoms with Gasteiger partial charge in [0.2, 0.25) is 0 Å². The van der Waals surface area contributed by atoms with Crippen molar-refractivity contribution >= 4 is 15.9 Å². The van der Waals surface area contributed by atoms with Crippen LogP contribution >= 0.6 is 15.9 Å². The number of hydrogen-bond acceptors (Lipinski definition) is 0. The second-order valence-corrected chi connectivity index (χ2v) is 3.01. The Labute approximate surface area is 78.3 Å². The van der Waals surface area contributed by atoms with E-state index in [0.29, 0.717) is 6.42 Å². The fourth-order valence-corrected chi connectivity index (χ4v) is 1.09.